The molecule has 9 nitrogen and oxygen atoms in total. The third kappa shape index (κ3) is 4.24. The highest BCUT2D eigenvalue weighted by molar-refractivity contribution is 9.10. The number of phenolic OH excluding ortho intramolecular Hbond substituents is 1. The number of phenols is 1. The van der Waals surface area contributed by atoms with Crippen LogP contribution >= 0.6 is 27.1 Å². The Bertz CT molecular complexity index is 1090. The number of amides is 1. The molecule has 1 aliphatic heterocycles. The fraction of sp³-hybridized carbons (Fsp3) is 0.211. The normalized spacial score (nSPS) is 16.6. The van der Waals surface area contributed by atoms with Crippen molar-refractivity contribution in [3.8, 4) is 5.75 Å². The maximum atomic E-state index is 12.7. The molecule has 0 aliphatic carbocycles. The van der Waals surface area contributed by atoms with Crippen LogP contribution < -0.4 is 10.6 Å². The smallest absolute Gasteiger partial charge is 0.257 e. The van der Waals surface area contributed by atoms with Gasteiger partial charge in [0.2, 0.25) is 11.6 Å². The molecule has 11 heteroatoms. The van der Waals surface area contributed by atoms with Gasteiger partial charge in [0.15, 0.2) is 16.9 Å². The number of aromatic nitrogens is 2. The zero-order chi connectivity index (χ0) is 21.3. The lowest BCUT2D eigenvalue weighted by Crippen LogP contribution is -2.29. The molecular weight excluding hydrogens is 474 g/mol. The number of hydrogen-bond donors (Lipinski definition) is 4. The second-order valence-corrected chi connectivity index (χ2v) is 8.42. The Balaban J connectivity index is 1.59. The van der Waals surface area contributed by atoms with E-state index in [1.165, 1.54) is 11.0 Å². The lowest BCUT2D eigenvalue weighted by atomic mass is 10.1. The molecule has 156 valence electrons. The van der Waals surface area contributed by atoms with Gasteiger partial charge in [-0.15, -0.1) is 0 Å². The average Bonchev–Trinajstić information content (AvgIpc) is 3.30. The Kier molecular flexibility index (Phi) is 5.86. The van der Waals surface area contributed by atoms with Crippen molar-refractivity contribution >= 4 is 56.0 Å². The maximum absolute atomic E-state index is 12.7. The van der Waals surface area contributed by atoms with Crippen LogP contribution in [-0.4, -0.2) is 53.5 Å². The summed E-state index contributed by atoms with van der Waals surface area (Å²) in [5.74, 6) is -0.228. The minimum atomic E-state index is -1.81. The Labute approximate surface area is 183 Å². The highest BCUT2D eigenvalue weighted by Crippen LogP contribution is 2.36. The molecule has 30 heavy (non-hydrogen) atoms. The topological polar surface area (TPSA) is 134 Å². The molecule has 3 aromatic rings. The van der Waals surface area contributed by atoms with E-state index in [0.717, 1.165) is 4.47 Å². The van der Waals surface area contributed by atoms with Crippen LogP contribution in [0.15, 0.2) is 46.9 Å². The van der Waals surface area contributed by atoms with Gasteiger partial charge in [-0.25, -0.2) is 0 Å². The van der Waals surface area contributed by atoms with E-state index in [-0.39, 0.29) is 41.1 Å². The van der Waals surface area contributed by atoms with Crippen molar-refractivity contribution in [1.29, 1.82) is 0 Å². The number of rotatable bonds is 5. The van der Waals surface area contributed by atoms with E-state index in [4.69, 9.17) is 0 Å². The molecule has 1 aromatic heterocycles. The first-order valence-corrected chi connectivity index (χ1v) is 11.0. The molecule has 1 amide bonds. The number of nitrogens with one attached hydrogen (secondary N) is 2. The van der Waals surface area contributed by atoms with Crippen molar-refractivity contribution < 1.29 is 19.6 Å². The second-order valence-electron chi connectivity index (χ2n) is 6.74. The molecule has 4 rings (SSSR count). The molecular formula is C19H18BrN5O4S. The summed E-state index contributed by atoms with van der Waals surface area (Å²) < 4.78 is 20.6. The molecule has 2 atom stereocenters. The van der Waals surface area contributed by atoms with Crippen LogP contribution in [0.2, 0.25) is 0 Å². The standard InChI is InChI=1S/C19H18BrN5O4S/c20-13-5-1-2-6-14(13)21-17-18(24-30(29)23-17)22-15-7-3-4-12(16(15)27)19(28)25-9-8-11(26)10-25/h1-7,11,26-27H,8-10H2,(H,21,23)(H,22,24)/t11-,30?/m1/s1. The van der Waals surface area contributed by atoms with Crippen LogP contribution in [0.3, 0.4) is 0 Å². The summed E-state index contributed by atoms with van der Waals surface area (Å²) in [6.07, 6.45) is -0.0458. The van der Waals surface area contributed by atoms with Gasteiger partial charge in [-0.1, -0.05) is 18.2 Å². The number of carbonyl (C=O) groups excluding carboxylic acids is 1. The third-order valence-electron chi connectivity index (χ3n) is 4.66. The maximum Gasteiger partial charge on any atom is 0.257 e. The van der Waals surface area contributed by atoms with Crippen LogP contribution in [0.4, 0.5) is 23.0 Å². The number of aliphatic hydroxyl groups is 1. The van der Waals surface area contributed by atoms with E-state index in [0.29, 0.717) is 18.7 Å². The Hall–Kier alpha value is -2.73. The zero-order valence-corrected chi connectivity index (χ0v) is 18.0. The lowest BCUT2D eigenvalue weighted by molar-refractivity contribution is 0.0762. The van der Waals surface area contributed by atoms with Gasteiger partial charge in [-0.3, -0.25) is 4.79 Å². The minimum absolute atomic E-state index is 0.103. The van der Waals surface area contributed by atoms with Crippen molar-refractivity contribution in [3.63, 3.8) is 0 Å². The first kappa shape index (κ1) is 20.5. The van der Waals surface area contributed by atoms with Gasteiger partial charge in [0.05, 0.1) is 23.0 Å². The van der Waals surface area contributed by atoms with Gasteiger partial charge >= 0.3 is 0 Å². The molecule has 2 heterocycles. The number of carbonyl (C=O) groups is 1. The number of anilines is 4. The molecule has 2 aromatic carbocycles. The number of β-amino-alcohol motifs (C(OH)–C–C–N with tert-alkyl or cyclic N) is 1. The molecule has 1 unspecified atom stereocenters. The van der Waals surface area contributed by atoms with Gasteiger partial charge in [0.25, 0.3) is 5.91 Å². The third-order valence-corrected chi connectivity index (χ3v) is 6.03. The molecule has 0 saturated carbocycles. The monoisotopic (exact) mass is 491 g/mol. The Morgan fingerprint density at radius 1 is 1.13 bits per heavy atom. The van der Waals surface area contributed by atoms with Crippen molar-refractivity contribution in [3.05, 3.63) is 52.5 Å². The number of benzene rings is 2. The summed E-state index contributed by atoms with van der Waals surface area (Å²) >= 11 is 1.61. The van der Waals surface area contributed by atoms with Gasteiger partial charge in [-0.05, 0) is 46.6 Å². The van der Waals surface area contributed by atoms with E-state index >= 15 is 0 Å². The quantitative estimate of drug-likeness (QED) is 0.315. The van der Waals surface area contributed by atoms with Crippen LogP contribution in [0, 0.1) is 0 Å². The SMILES string of the molecule is O=C(c1cccc(Nc2n[s+]([O-])nc2Nc2ccccc2Br)c1O)N1CC[C@@H](O)C1. The van der Waals surface area contributed by atoms with Crippen molar-refractivity contribution in [2.75, 3.05) is 23.7 Å². The molecule has 4 N–H and O–H groups in total. The van der Waals surface area contributed by atoms with E-state index in [9.17, 15) is 19.6 Å². The average molecular weight is 492 g/mol. The highest BCUT2D eigenvalue weighted by atomic mass is 79.9. The van der Waals surface area contributed by atoms with Crippen molar-refractivity contribution in [2.45, 2.75) is 12.5 Å². The van der Waals surface area contributed by atoms with E-state index in [1.807, 2.05) is 24.3 Å². The van der Waals surface area contributed by atoms with E-state index < -0.39 is 17.2 Å². The summed E-state index contributed by atoms with van der Waals surface area (Å²) in [5, 5.41) is 26.3. The number of halogens is 1. The summed E-state index contributed by atoms with van der Waals surface area (Å²) in [6.45, 7) is 0.657. The molecule has 1 aliphatic rings. The summed E-state index contributed by atoms with van der Waals surface area (Å²) in [5.41, 5.74) is 1.02. The van der Waals surface area contributed by atoms with Crippen LogP contribution in [0.5, 0.6) is 5.75 Å². The summed E-state index contributed by atoms with van der Waals surface area (Å²) in [7, 11) is 0. The number of aliphatic hydroxyl groups excluding tert-OH is 1. The predicted octanol–water partition coefficient (Wildman–Crippen LogP) is 3.37. The summed E-state index contributed by atoms with van der Waals surface area (Å²) in [4.78, 5) is 14.2. The molecule has 0 radical (unpaired) electrons. The van der Waals surface area contributed by atoms with Crippen molar-refractivity contribution in [1.82, 2.24) is 13.6 Å². The van der Waals surface area contributed by atoms with Crippen LogP contribution in [0.25, 0.3) is 0 Å². The van der Waals surface area contributed by atoms with Crippen LogP contribution in [0.1, 0.15) is 16.8 Å². The number of likely N-dealkylation sites (tertiary alicyclic amines) is 1. The first-order chi connectivity index (χ1) is 14.4. The number of nitrogens with zero attached hydrogens (tertiary/aromatic N) is 3. The fourth-order valence-electron chi connectivity index (χ4n) is 3.16. The number of hydrogen-bond acceptors (Lipinski definition) is 8. The molecule has 0 bridgehead atoms. The lowest BCUT2D eigenvalue weighted by Gasteiger charge is -2.17. The van der Waals surface area contributed by atoms with Gasteiger partial charge < -0.3 is 30.3 Å². The zero-order valence-electron chi connectivity index (χ0n) is 15.6. The number of para-hydroxylation sites is 2. The summed E-state index contributed by atoms with van der Waals surface area (Å²) in [6, 6.07) is 12.0. The Morgan fingerprint density at radius 3 is 2.47 bits per heavy atom. The van der Waals surface area contributed by atoms with Gasteiger partial charge in [0, 0.05) is 26.3 Å². The first-order valence-electron chi connectivity index (χ1n) is 9.10. The van der Waals surface area contributed by atoms with Gasteiger partial charge in [0.1, 0.15) is 0 Å². The highest BCUT2D eigenvalue weighted by Gasteiger charge is 2.28. The van der Waals surface area contributed by atoms with Crippen LogP contribution in [-0.2, 0) is 0 Å². The Morgan fingerprint density at radius 2 is 1.80 bits per heavy atom. The number of aromatic hydroxyl groups is 1. The van der Waals surface area contributed by atoms with E-state index in [1.54, 1.807) is 12.1 Å². The molecule has 0 spiro atoms. The van der Waals surface area contributed by atoms with Gasteiger partial charge in [-0.2, -0.15) is 0 Å². The predicted molar refractivity (Wildman–Crippen MR) is 116 cm³/mol. The molecule has 1 fully saturated rings. The minimum Gasteiger partial charge on any atom is -0.546 e. The fourth-order valence-corrected chi connectivity index (χ4v) is 4.16. The molecule has 1 saturated heterocycles. The van der Waals surface area contributed by atoms with E-state index in [2.05, 4.69) is 35.3 Å². The largest absolute Gasteiger partial charge is 0.546 e. The second kappa shape index (κ2) is 8.56. The van der Waals surface area contributed by atoms with Crippen molar-refractivity contribution in [2.24, 2.45) is 0 Å².